The van der Waals surface area contributed by atoms with E-state index < -0.39 is 22.5 Å². The average Bonchev–Trinajstić information content (AvgIpc) is 2.53. The number of anilines is 1. The van der Waals surface area contributed by atoms with Gasteiger partial charge in [-0.3, -0.25) is 4.31 Å². The highest BCUT2D eigenvalue weighted by Crippen LogP contribution is 2.26. The van der Waals surface area contributed by atoms with E-state index in [2.05, 4.69) is 0 Å². The quantitative estimate of drug-likeness (QED) is 0.779. The Hall–Kier alpha value is -2.54. The number of hydrogen-bond acceptors (Lipinski definition) is 5. The summed E-state index contributed by atoms with van der Waals surface area (Å²) in [6.07, 6.45) is 0. The first-order chi connectivity index (χ1) is 10.4. The van der Waals surface area contributed by atoms with Crippen LogP contribution in [0, 0.1) is 0 Å². The third kappa shape index (κ3) is 3.37. The number of nitrogens with zero attached hydrogens (tertiary/aromatic N) is 1. The van der Waals surface area contributed by atoms with Gasteiger partial charge in [0.2, 0.25) is 0 Å². The number of sulfonamides is 1. The van der Waals surface area contributed by atoms with E-state index in [1.807, 2.05) is 0 Å². The summed E-state index contributed by atoms with van der Waals surface area (Å²) in [5.41, 5.74) is 0.187. The van der Waals surface area contributed by atoms with Crippen LogP contribution in [0.3, 0.4) is 0 Å². The van der Waals surface area contributed by atoms with Crippen molar-refractivity contribution < 1.29 is 23.1 Å². The second-order valence-electron chi connectivity index (χ2n) is 4.40. The summed E-state index contributed by atoms with van der Waals surface area (Å²) in [6, 6.07) is 13.8. The number of hydrogen-bond donors (Lipinski definition) is 0. The van der Waals surface area contributed by atoms with E-state index in [9.17, 15) is 18.3 Å². The first-order valence-corrected chi connectivity index (χ1v) is 7.81. The van der Waals surface area contributed by atoms with Crippen LogP contribution >= 0.6 is 0 Å². The molecule has 0 amide bonds. The van der Waals surface area contributed by atoms with Gasteiger partial charge in [-0.2, -0.15) is 0 Å². The zero-order valence-electron chi connectivity index (χ0n) is 11.8. The zero-order valence-corrected chi connectivity index (χ0v) is 12.6. The number of benzene rings is 2. The molecule has 0 saturated carbocycles. The number of carboxylic acid groups (broad SMARTS) is 1. The van der Waals surface area contributed by atoms with Gasteiger partial charge in [0.1, 0.15) is 5.75 Å². The van der Waals surface area contributed by atoms with Gasteiger partial charge in [-0.15, -0.1) is 0 Å². The van der Waals surface area contributed by atoms with Gasteiger partial charge in [0, 0.05) is 6.07 Å². The van der Waals surface area contributed by atoms with Crippen LogP contribution in [0.4, 0.5) is 5.69 Å². The molecule has 2 aromatic rings. The summed E-state index contributed by atoms with van der Waals surface area (Å²) >= 11 is 0. The van der Waals surface area contributed by atoms with E-state index >= 15 is 0 Å². The van der Waals surface area contributed by atoms with Gasteiger partial charge in [0.25, 0.3) is 10.0 Å². The SMILES string of the molecule is COc1cccc(N(CC(=O)[O-])S(=O)(=O)c2ccccc2)c1. The molecule has 0 bridgehead atoms. The van der Waals surface area contributed by atoms with Gasteiger partial charge in [0.05, 0.1) is 30.2 Å². The molecular formula is C15H14NO5S-. The monoisotopic (exact) mass is 320 g/mol. The lowest BCUT2D eigenvalue weighted by molar-refractivity contribution is -0.303. The van der Waals surface area contributed by atoms with Crippen molar-refractivity contribution in [1.82, 2.24) is 0 Å². The van der Waals surface area contributed by atoms with Crippen molar-refractivity contribution in [2.24, 2.45) is 0 Å². The number of ether oxygens (including phenoxy) is 1. The Morgan fingerprint density at radius 3 is 2.41 bits per heavy atom. The molecule has 0 aromatic heterocycles. The Balaban J connectivity index is 2.52. The molecule has 0 unspecified atom stereocenters. The normalized spacial score (nSPS) is 11.0. The van der Waals surface area contributed by atoms with Gasteiger partial charge < -0.3 is 14.6 Å². The highest BCUT2D eigenvalue weighted by Gasteiger charge is 2.25. The van der Waals surface area contributed by atoms with Crippen LogP contribution < -0.4 is 14.1 Å². The highest BCUT2D eigenvalue weighted by atomic mass is 32.2. The Kier molecular flexibility index (Phi) is 4.67. The van der Waals surface area contributed by atoms with Crippen LogP contribution in [0.15, 0.2) is 59.5 Å². The predicted molar refractivity (Wildman–Crippen MR) is 79.0 cm³/mol. The molecular weight excluding hydrogens is 306 g/mol. The fraction of sp³-hybridized carbons (Fsp3) is 0.133. The number of carbonyl (C=O) groups excluding carboxylic acids is 1. The maximum absolute atomic E-state index is 12.7. The topological polar surface area (TPSA) is 86.7 Å². The van der Waals surface area contributed by atoms with Crippen molar-refractivity contribution in [2.75, 3.05) is 18.0 Å². The lowest BCUT2D eigenvalue weighted by Gasteiger charge is -2.25. The molecule has 7 heteroatoms. The number of methoxy groups -OCH3 is 1. The molecule has 0 aliphatic heterocycles. The summed E-state index contributed by atoms with van der Waals surface area (Å²) in [4.78, 5) is 11.0. The van der Waals surface area contributed by atoms with Crippen molar-refractivity contribution in [2.45, 2.75) is 4.90 Å². The van der Waals surface area contributed by atoms with E-state index in [0.29, 0.717) is 5.75 Å². The maximum Gasteiger partial charge on any atom is 0.264 e. The largest absolute Gasteiger partial charge is 0.548 e. The van der Waals surface area contributed by atoms with Crippen LogP contribution in [0.25, 0.3) is 0 Å². The lowest BCUT2D eigenvalue weighted by Crippen LogP contribution is -2.41. The summed E-state index contributed by atoms with van der Waals surface area (Å²) < 4.78 is 31.1. The molecule has 2 aromatic carbocycles. The van der Waals surface area contributed by atoms with Crippen molar-refractivity contribution in [3.63, 3.8) is 0 Å². The number of rotatable bonds is 6. The Bertz CT molecular complexity index is 759. The molecule has 0 aliphatic carbocycles. The van der Waals surface area contributed by atoms with E-state index in [-0.39, 0.29) is 10.6 Å². The molecule has 2 rings (SSSR count). The lowest BCUT2D eigenvalue weighted by atomic mass is 10.3. The van der Waals surface area contributed by atoms with Crippen molar-refractivity contribution in [1.29, 1.82) is 0 Å². The number of carbonyl (C=O) groups is 1. The van der Waals surface area contributed by atoms with Gasteiger partial charge >= 0.3 is 0 Å². The minimum Gasteiger partial charge on any atom is -0.548 e. The van der Waals surface area contributed by atoms with E-state index in [1.165, 1.54) is 31.4 Å². The summed E-state index contributed by atoms with van der Waals surface area (Å²) in [5.74, 6) is -1.08. The molecule has 0 fully saturated rings. The van der Waals surface area contributed by atoms with E-state index in [0.717, 1.165) is 4.31 Å². The average molecular weight is 320 g/mol. The molecule has 6 nitrogen and oxygen atoms in total. The third-order valence-electron chi connectivity index (χ3n) is 2.95. The molecule has 0 saturated heterocycles. The van der Waals surface area contributed by atoms with Gasteiger partial charge in [-0.25, -0.2) is 8.42 Å². The number of carboxylic acids is 1. The van der Waals surface area contributed by atoms with Gasteiger partial charge in [-0.1, -0.05) is 24.3 Å². The van der Waals surface area contributed by atoms with Gasteiger partial charge in [0.15, 0.2) is 0 Å². The minimum atomic E-state index is -4.02. The van der Waals surface area contributed by atoms with Crippen molar-refractivity contribution in [3.8, 4) is 5.75 Å². The third-order valence-corrected chi connectivity index (χ3v) is 4.73. The molecule has 0 N–H and O–H groups in total. The number of aliphatic carboxylic acids is 1. The molecule has 0 radical (unpaired) electrons. The summed E-state index contributed by atoms with van der Waals surface area (Å²) in [6.45, 7) is -0.787. The fourth-order valence-electron chi connectivity index (χ4n) is 1.92. The second kappa shape index (κ2) is 6.48. The Morgan fingerprint density at radius 1 is 1.14 bits per heavy atom. The van der Waals surface area contributed by atoms with Gasteiger partial charge in [-0.05, 0) is 24.3 Å². The minimum absolute atomic E-state index is 0.000861. The molecule has 22 heavy (non-hydrogen) atoms. The molecule has 116 valence electrons. The smallest absolute Gasteiger partial charge is 0.264 e. The zero-order chi connectivity index (χ0) is 16.2. The van der Waals surface area contributed by atoms with Crippen LogP contribution in [0.2, 0.25) is 0 Å². The highest BCUT2D eigenvalue weighted by molar-refractivity contribution is 7.92. The predicted octanol–water partition coefficient (Wildman–Crippen LogP) is 0.640. The van der Waals surface area contributed by atoms with E-state index in [4.69, 9.17) is 4.74 Å². The standard InChI is InChI=1S/C15H15NO5S/c1-21-13-7-5-6-12(10-13)16(11-15(17)18)22(19,20)14-8-3-2-4-9-14/h2-10H,11H2,1H3,(H,17,18)/p-1. The summed E-state index contributed by atoms with van der Waals surface area (Å²) in [7, 11) is -2.58. The second-order valence-corrected chi connectivity index (χ2v) is 6.26. The van der Waals surface area contributed by atoms with Crippen molar-refractivity contribution in [3.05, 3.63) is 54.6 Å². The first-order valence-electron chi connectivity index (χ1n) is 6.37. The van der Waals surface area contributed by atoms with Crippen LogP contribution in [-0.2, 0) is 14.8 Å². The summed E-state index contributed by atoms with van der Waals surface area (Å²) in [5, 5.41) is 11.0. The van der Waals surface area contributed by atoms with E-state index in [1.54, 1.807) is 30.3 Å². The molecule has 0 aliphatic rings. The van der Waals surface area contributed by atoms with Crippen LogP contribution in [0.5, 0.6) is 5.75 Å². The van der Waals surface area contributed by atoms with Crippen LogP contribution in [0.1, 0.15) is 0 Å². The Morgan fingerprint density at radius 2 is 1.82 bits per heavy atom. The van der Waals surface area contributed by atoms with Crippen molar-refractivity contribution >= 4 is 21.7 Å². The maximum atomic E-state index is 12.7. The molecule has 0 spiro atoms. The molecule has 0 atom stereocenters. The fourth-order valence-corrected chi connectivity index (χ4v) is 3.34. The van der Waals surface area contributed by atoms with Crippen LogP contribution in [-0.4, -0.2) is 28.0 Å². The molecule has 0 heterocycles. The Labute approximate surface area is 128 Å². The first kappa shape index (κ1) is 15.8.